The number of benzene rings is 1. The highest BCUT2D eigenvalue weighted by Gasteiger charge is 2.35. The maximum atomic E-state index is 12.8. The van der Waals surface area contributed by atoms with Crippen LogP contribution in [0.15, 0.2) is 30.3 Å². The summed E-state index contributed by atoms with van der Waals surface area (Å²) in [6.07, 6.45) is -4.58. The van der Waals surface area contributed by atoms with Crippen molar-refractivity contribution in [1.29, 1.82) is 0 Å². The number of halogens is 3. The summed E-state index contributed by atoms with van der Waals surface area (Å²) in [5, 5.41) is 3.54. The van der Waals surface area contributed by atoms with Crippen LogP contribution in [0.1, 0.15) is 18.3 Å². The molecule has 0 N–H and O–H groups in total. The van der Waals surface area contributed by atoms with E-state index < -0.39 is 17.8 Å². The molecule has 8 heteroatoms. The molecule has 0 saturated heterocycles. The predicted molar refractivity (Wildman–Crippen MR) is 70.6 cm³/mol. The number of rotatable bonds is 4. The fourth-order valence-electron chi connectivity index (χ4n) is 1.78. The van der Waals surface area contributed by atoms with Gasteiger partial charge >= 0.3 is 12.1 Å². The highest BCUT2D eigenvalue weighted by Crippen LogP contribution is 2.30. The van der Waals surface area contributed by atoms with E-state index in [1.807, 2.05) is 0 Å². The highest BCUT2D eigenvalue weighted by atomic mass is 19.4. The predicted octanol–water partition coefficient (Wildman–Crippen LogP) is 2.96. The molecule has 22 heavy (non-hydrogen) atoms. The smallest absolute Gasteiger partial charge is 0.435 e. The first-order valence-corrected chi connectivity index (χ1v) is 6.25. The summed E-state index contributed by atoms with van der Waals surface area (Å²) in [5.41, 5.74) is -0.531. The minimum absolute atomic E-state index is 0.118. The van der Waals surface area contributed by atoms with Gasteiger partial charge in [-0.05, 0) is 30.3 Å². The van der Waals surface area contributed by atoms with Crippen LogP contribution >= 0.6 is 0 Å². The van der Waals surface area contributed by atoms with E-state index in [1.54, 1.807) is 24.3 Å². The lowest BCUT2D eigenvalue weighted by Crippen LogP contribution is -2.08. The molecule has 0 fully saturated rings. The highest BCUT2D eigenvalue weighted by molar-refractivity contribution is 5.65. The van der Waals surface area contributed by atoms with Gasteiger partial charge < -0.3 is 9.47 Å². The Bertz CT molecular complexity index is 663. The quantitative estimate of drug-likeness (QED) is 0.814. The number of carbonyl (C=O) groups excluding carboxylic acids is 1. The molecule has 0 amide bonds. The Morgan fingerprint density at radius 2 is 1.91 bits per heavy atom. The molecule has 0 saturated carbocycles. The summed E-state index contributed by atoms with van der Waals surface area (Å²) in [6, 6.07) is 7.17. The fourth-order valence-corrected chi connectivity index (χ4v) is 1.78. The van der Waals surface area contributed by atoms with E-state index in [2.05, 4.69) is 5.10 Å². The van der Waals surface area contributed by atoms with Crippen molar-refractivity contribution in [2.24, 2.45) is 0 Å². The molecule has 5 nitrogen and oxygen atoms in total. The first kappa shape index (κ1) is 15.9. The first-order chi connectivity index (χ1) is 10.3. The van der Waals surface area contributed by atoms with Crippen molar-refractivity contribution in [3.05, 3.63) is 41.7 Å². The average Bonchev–Trinajstić information content (AvgIpc) is 2.89. The monoisotopic (exact) mass is 314 g/mol. The van der Waals surface area contributed by atoms with Gasteiger partial charge in [0.1, 0.15) is 12.4 Å². The lowest BCUT2D eigenvalue weighted by atomic mass is 10.3. The van der Waals surface area contributed by atoms with Gasteiger partial charge in [0, 0.05) is 6.92 Å². The zero-order valence-electron chi connectivity index (χ0n) is 11.8. The number of aromatic nitrogens is 2. The Morgan fingerprint density at radius 3 is 2.41 bits per heavy atom. The van der Waals surface area contributed by atoms with Crippen LogP contribution in [0.5, 0.6) is 5.75 Å². The van der Waals surface area contributed by atoms with Crippen LogP contribution in [0.25, 0.3) is 5.69 Å². The van der Waals surface area contributed by atoms with Gasteiger partial charge in [-0.25, -0.2) is 4.68 Å². The van der Waals surface area contributed by atoms with Crippen LogP contribution in [0.4, 0.5) is 13.2 Å². The molecular weight excluding hydrogens is 301 g/mol. The molecule has 0 aliphatic rings. The summed E-state index contributed by atoms with van der Waals surface area (Å²) in [7, 11) is 1.48. The second kappa shape index (κ2) is 6.08. The first-order valence-electron chi connectivity index (χ1n) is 6.25. The summed E-state index contributed by atoms with van der Waals surface area (Å²) < 4.78 is 49.3. The van der Waals surface area contributed by atoms with Crippen LogP contribution in [0, 0.1) is 0 Å². The Balaban J connectivity index is 2.41. The number of hydrogen-bond donors (Lipinski definition) is 0. The molecule has 0 spiro atoms. The summed E-state index contributed by atoms with van der Waals surface area (Å²) in [4.78, 5) is 10.9. The number of carbonyl (C=O) groups is 1. The molecule has 2 rings (SSSR count). The van der Waals surface area contributed by atoms with Gasteiger partial charge in [0.25, 0.3) is 0 Å². The third kappa shape index (κ3) is 3.57. The molecule has 1 heterocycles. The van der Waals surface area contributed by atoms with Gasteiger partial charge in [0.15, 0.2) is 5.69 Å². The summed E-state index contributed by atoms with van der Waals surface area (Å²) in [6.45, 7) is 0.878. The van der Waals surface area contributed by atoms with E-state index >= 15 is 0 Å². The molecule has 0 aliphatic heterocycles. The molecule has 0 bridgehead atoms. The summed E-state index contributed by atoms with van der Waals surface area (Å²) >= 11 is 0. The molecule has 2 aromatic rings. The van der Waals surface area contributed by atoms with Crippen molar-refractivity contribution in [1.82, 2.24) is 9.78 Å². The normalized spacial score (nSPS) is 11.3. The van der Waals surface area contributed by atoms with E-state index in [4.69, 9.17) is 9.47 Å². The molecule has 118 valence electrons. The minimum atomic E-state index is -4.58. The average molecular weight is 314 g/mol. The van der Waals surface area contributed by atoms with Gasteiger partial charge in [-0.3, -0.25) is 4.79 Å². The Kier molecular flexibility index (Phi) is 4.39. The number of hydrogen-bond acceptors (Lipinski definition) is 4. The van der Waals surface area contributed by atoms with Crippen LogP contribution in [-0.2, 0) is 22.3 Å². The van der Waals surface area contributed by atoms with Crippen molar-refractivity contribution in [3.63, 3.8) is 0 Å². The Labute approximate surface area is 124 Å². The van der Waals surface area contributed by atoms with Crippen molar-refractivity contribution < 1.29 is 27.4 Å². The Morgan fingerprint density at radius 1 is 1.27 bits per heavy atom. The number of ether oxygens (including phenoxy) is 2. The van der Waals surface area contributed by atoms with Gasteiger partial charge in [0.2, 0.25) is 0 Å². The fraction of sp³-hybridized carbons (Fsp3) is 0.286. The zero-order valence-corrected chi connectivity index (χ0v) is 11.8. The molecule has 0 unspecified atom stereocenters. The third-order valence-corrected chi connectivity index (χ3v) is 2.81. The van der Waals surface area contributed by atoms with E-state index in [1.165, 1.54) is 14.0 Å². The van der Waals surface area contributed by atoms with E-state index in [0.29, 0.717) is 11.4 Å². The SMILES string of the molecule is COc1ccc(-n2nc(C(F)(F)F)cc2COC(C)=O)cc1. The topological polar surface area (TPSA) is 53.4 Å². The van der Waals surface area contributed by atoms with E-state index in [9.17, 15) is 18.0 Å². The minimum Gasteiger partial charge on any atom is -0.497 e. The maximum absolute atomic E-state index is 12.8. The van der Waals surface area contributed by atoms with Crippen molar-refractivity contribution in [3.8, 4) is 11.4 Å². The number of esters is 1. The third-order valence-electron chi connectivity index (χ3n) is 2.81. The van der Waals surface area contributed by atoms with Crippen LogP contribution in [0.2, 0.25) is 0 Å². The molecule has 0 radical (unpaired) electrons. The van der Waals surface area contributed by atoms with Crippen molar-refractivity contribution in [2.45, 2.75) is 19.7 Å². The number of methoxy groups -OCH3 is 1. The molecule has 1 aromatic carbocycles. The van der Waals surface area contributed by atoms with Crippen molar-refractivity contribution in [2.75, 3.05) is 7.11 Å². The van der Waals surface area contributed by atoms with E-state index in [0.717, 1.165) is 10.7 Å². The van der Waals surface area contributed by atoms with Crippen molar-refractivity contribution >= 4 is 5.97 Å². The van der Waals surface area contributed by atoms with E-state index in [-0.39, 0.29) is 12.3 Å². The lowest BCUT2D eigenvalue weighted by molar-refractivity contribution is -0.142. The van der Waals surface area contributed by atoms with Crippen LogP contribution in [-0.4, -0.2) is 22.9 Å². The number of nitrogens with zero attached hydrogens (tertiary/aromatic N) is 2. The summed E-state index contributed by atoms with van der Waals surface area (Å²) in [5.74, 6) is -0.0236. The standard InChI is InChI=1S/C14H13F3N2O3/c1-9(20)22-8-11-7-13(14(15,16)17)18-19(11)10-3-5-12(21-2)6-4-10/h3-7H,8H2,1-2H3. The van der Waals surface area contributed by atoms with Gasteiger partial charge in [-0.2, -0.15) is 18.3 Å². The largest absolute Gasteiger partial charge is 0.497 e. The second-order valence-corrected chi connectivity index (χ2v) is 4.41. The van der Waals surface area contributed by atoms with Gasteiger partial charge in [0.05, 0.1) is 18.5 Å². The maximum Gasteiger partial charge on any atom is 0.435 e. The Hall–Kier alpha value is -2.51. The number of alkyl halides is 3. The van der Waals surface area contributed by atoms with Gasteiger partial charge in [-0.1, -0.05) is 0 Å². The molecule has 0 aliphatic carbocycles. The van der Waals surface area contributed by atoms with Gasteiger partial charge in [-0.15, -0.1) is 0 Å². The second-order valence-electron chi connectivity index (χ2n) is 4.41. The molecule has 0 atom stereocenters. The van der Waals surface area contributed by atoms with Crippen LogP contribution in [0.3, 0.4) is 0 Å². The van der Waals surface area contributed by atoms with Crippen LogP contribution < -0.4 is 4.74 Å². The lowest BCUT2D eigenvalue weighted by Gasteiger charge is -2.08. The zero-order chi connectivity index (χ0) is 16.3. The molecule has 1 aromatic heterocycles. The molecular formula is C14H13F3N2O3.